The third-order valence-corrected chi connectivity index (χ3v) is 6.76. The van der Waals surface area contributed by atoms with Gasteiger partial charge in [0.2, 0.25) is 17.7 Å². The van der Waals surface area contributed by atoms with Gasteiger partial charge >= 0.3 is 0 Å². The third-order valence-electron chi connectivity index (χ3n) is 6.76. The molecule has 2 aromatic rings. The summed E-state index contributed by atoms with van der Waals surface area (Å²) < 4.78 is 5.96. The summed E-state index contributed by atoms with van der Waals surface area (Å²) in [6, 6.07) is 12.1. The van der Waals surface area contributed by atoms with E-state index in [1.54, 1.807) is 11.9 Å². The molecule has 0 bridgehead atoms. The fraction of sp³-hybridized carbons (Fsp3) is 0.500. The summed E-state index contributed by atoms with van der Waals surface area (Å²) in [5, 5.41) is 2.16. The molecule has 2 atom stereocenters. The minimum absolute atomic E-state index is 0.0838. The summed E-state index contributed by atoms with van der Waals surface area (Å²) in [7, 11) is 1.76. The Morgan fingerprint density at radius 3 is 2.44 bits per heavy atom. The van der Waals surface area contributed by atoms with Crippen molar-refractivity contribution in [3.05, 3.63) is 42.0 Å². The molecule has 3 amide bonds. The Morgan fingerprint density at radius 2 is 1.75 bits per heavy atom. The second kappa shape index (κ2) is 9.72. The van der Waals surface area contributed by atoms with Gasteiger partial charge in [-0.15, -0.1) is 0 Å². The van der Waals surface area contributed by atoms with Crippen LogP contribution in [0.4, 0.5) is 0 Å². The van der Waals surface area contributed by atoms with E-state index in [4.69, 9.17) is 4.74 Å². The lowest BCUT2D eigenvalue weighted by Gasteiger charge is -2.22. The van der Waals surface area contributed by atoms with Crippen LogP contribution in [-0.2, 0) is 20.9 Å². The zero-order valence-electron chi connectivity index (χ0n) is 19.0. The molecule has 2 fully saturated rings. The van der Waals surface area contributed by atoms with E-state index in [0.29, 0.717) is 13.2 Å². The molecule has 1 saturated heterocycles. The third kappa shape index (κ3) is 4.36. The number of amides is 3. The summed E-state index contributed by atoms with van der Waals surface area (Å²) in [5.41, 5.74) is 0.978. The van der Waals surface area contributed by atoms with E-state index in [0.717, 1.165) is 54.2 Å². The van der Waals surface area contributed by atoms with Crippen molar-refractivity contribution in [2.75, 3.05) is 20.2 Å². The molecule has 0 aromatic heterocycles. The van der Waals surface area contributed by atoms with E-state index in [1.807, 2.05) is 36.4 Å². The molecule has 1 aliphatic carbocycles. The number of carbonyl (C=O) groups is 3. The second-order valence-electron chi connectivity index (χ2n) is 8.94. The molecule has 2 aromatic carbocycles. The van der Waals surface area contributed by atoms with Gasteiger partial charge < -0.3 is 9.64 Å². The van der Waals surface area contributed by atoms with Crippen molar-refractivity contribution < 1.29 is 19.1 Å². The van der Waals surface area contributed by atoms with Gasteiger partial charge in [0.1, 0.15) is 5.75 Å². The Bertz CT molecular complexity index is 994. The standard InChI is InChI=1S/C26H32N2O4/c1-3-16-32-23-13-12-18-8-4-5-9-19(18)22(23)17-27(2)24(29)14-15-28-25(30)20-10-6-7-11-21(20)26(28)31/h4-5,8-9,12-13,20-21H,3,6-7,10-11,14-17H2,1-2H3. The van der Waals surface area contributed by atoms with Gasteiger partial charge in [0, 0.05) is 32.1 Å². The summed E-state index contributed by atoms with van der Waals surface area (Å²) in [6.07, 6.45) is 4.64. The van der Waals surface area contributed by atoms with Gasteiger partial charge in [-0.2, -0.15) is 0 Å². The van der Waals surface area contributed by atoms with Crippen LogP contribution in [0.1, 0.15) is 51.0 Å². The number of benzene rings is 2. The lowest BCUT2D eigenvalue weighted by molar-refractivity contribution is -0.140. The summed E-state index contributed by atoms with van der Waals surface area (Å²) >= 11 is 0. The highest BCUT2D eigenvalue weighted by molar-refractivity contribution is 6.05. The van der Waals surface area contributed by atoms with E-state index in [-0.39, 0.29) is 42.5 Å². The largest absolute Gasteiger partial charge is 0.493 e. The highest BCUT2D eigenvalue weighted by atomic mass is 16.5. The number of hydrogen-bond donors (Lipinski definition) is 0. The highest BCUT2D eigenvalue weighted by Crippen LogP contribution is 2.38. The summed E-state index contributed by atoms with van der Waals surface area (Å²) in [5.74, 6) is 0.198. The maximum atomic E-state index is 12.9. The number of carbonyl (C=O) groups excluding carboxylic acids is 3. The van der Waals surface area contributed by atoms with Gasteiger partial charge in [0.25, 0.3) is 0 Å². The molecule has 1 aliphatic heterocycles. The molecule has 0 radical (unpaired) electrons. The Kier molecular flexibility index (Phi) is 6.77. The Morgan fingerprint density at radius 1 is 1.06 bits per heavy atom. The topological polar surface area (TPSA) is 66.9 Å². The number of fused-ring (bicyclic) bond motifs is 2. The van der Waals surface area contributed by atoms with Gasteiger partial charge in [-0.25, -0.2) is 0 Å². The van der Waals surface area contributed by atoms with Crippen LogP contribution >= 0.6 is 0 Å². The molecule has 0 N–H and O–H groups in total. The van der Waals surface area contributed by atoms with Gasteiger partial charge in [-0.05, 0) is 36.1 Å². The fourth-order valence-corrected chi connectivity index (χ4v) is 5.00. The van der Waals surface area contributed by atoms with Crippen molar-refractivity contribution in [1.29, 1.82) is 0 Å². The van der Waals surface area contributed by atoms with E-state index in [1.165, 1.54) is 4.90 Å². The fourth-order valence-electron chi connectivity index (χ4n) is 5.00. The molecule has 6 nitrogen and oxygen atoms in total. The predicted octanol–water partition coefficient (Wildman–Crippen LogP) is 4.15. The first-order valence-corrected chi connectivity index (χ1v) is 11.7. The maximum Gasteiger partial charge on any atom is 0.233 e. The number of rotatable bonds is 8. The quantitative estimate of drug-likeness (QED) is 0.583. The maximum absolute atomic E-state index is 12.9. The van der Waals surface area contributed by atoms with Crippen LogP contribution in [0.15, 0.2) is 36.4 Å². The van der Waals surface area contributed by atoms with E-state index in [9.17, 15) is 14.4 Å². The monoisotopic (exact) mass is 436 g/mol. The molecule has 1 saturated carbocycles. The number of likely N-dealkylation sites (tertiary alicyclic amines) is 1. The molecule has 2 unspecified atom stereocenters. The lowest BCUT2D eigenvalue weighted by atomic mass is 9.81. The van der Waals surface area contributed by atoms with Crippen molar-refractivity contribution >= 4 is 28.5 Å². The molecule has 170 valence electrons. The first-order valence-electron chi connectivity index (χ1n) is 11.7. The van der Waals surface area contributed by atoms with Crippen molar-refractivity contribution in [3.8, 4) is 5.75 Å². The van der Waals surface area contributed by atoms with Crippen LogP contribution in [0, 0.1) is 11.8 Å². The second-order valence-corrected chi connectivity index (χ2v) is 8.94. The molecule has 1 heterocycles. The first-order chi connectivity index (χ1) is 15.5. The van der Waals surface area contributed by atoms with Crippen molar-refractivity contribution in [3.63, 3.8) is 0 Å². The number of imide groups is 1. The highest BCUT2D eigenvalue weighted by Gasteiger charge is 2.47. The van der Waals surface area contributed by atoms with Crippen LogP contribution < -0.4 is 4.74 Å². The zero-order valence-corrected chi connectivity index (χ0v) is 19.0. The average molecular weight is 437 g/mol. The van der Waals surface area contributed by atoms with E-state index < -0.39 is 0 Å². The van der Waals surface area contributed by atoms with Crippen LogP contribution in [-0.4, -0.2) is 47.7 Å². The molecular weight excluding hydrogens is 404 g/mol. The molecule has 4 rings (SSSR count). The van der Waals surface area contributed by atoms with Gasteiger partial charge in [-0.1, -0.05) is 50.1 Å². The van der Waals surface area contributed by atoms with Crippen LogP contribution in [0.25, 0.3) is 10.8 Å². The van der Waals surface area contributed by atoms with Crippen LogP contribution in [0.2, 0.25) is 0 Å². The minimum atomic E-state index is -0.168. The molecule has 2 aliphatic rings. The summed E-state index contributed by atoms with van der Waals surface area (Å²) in [4.78, 5) is 41.3. The summed E-state index contributed by atoms with van der Waals surface area (Å²) in [6.45, 7) is 3.26. The Balaban J connectivity index is 1.44. The number of hydrogen-bond acceptors (Lipinski definition) is 4. The minimum Gasteiger partial charge on any atom is -0.493 e. The number of nitrogens with zero attached hydrogens (tertiary/aromatic N) is 2. The van der Waals surface area contributed by atoms with Crippen molar-refractivity contribution in [2.45, 2.75) is 52.0 Å². The van der Waals surface area contributed by atoms with Crippen molar-refractivity contribution in [1.82, 2.24) is 9.80 Å². The SMILES string of the molecule is CCCOc1ccc2ccccc2c1CN(C)C(=O)CCN1C(=O)C2CCCCC2C1=O. The zero-order chi connectivity index (χ0) is 22.7. The lowest BCUT2D eigenvalue weighted by Crippen LogP contribution is -2.36. The Hall–Kier alpha value is -2.89. The molecular formula is C26H32N2O4. The van der Waals surface area contributed by atoms with Crippen molar-refractivity contribution in [2.24, 2.45) is 11.8 Å². The molecule has 6 heteroatoms. The van der Waals surface area contributed by atoms with Gasteiger partial charge in [0.15, 0.2) is 0 Å². The molecule has 0 spiro atoms. The van der Waals surface area contributed by atoms with Crippen LogP contribution in [0.5, 0.6) is 5.75 Å². The Labute approximate surface area is 189 Å². The average Bonchev–Trinajstić information content (AvgIpc) is 3.06. The van der Waals surface area contributed by atoms with E-state index >= 15 is 0 Å². The predicted molar refractivity (Wildman–Crippen MR) is 123 cm³/mol. The first kappa shape index (κ1) is 22.3. The van der Waals surface area contributed by atoms with E-state index in [2.05, 4.69) is 6.92 Å². The molecule has 32 heavy (non-hydrogen) atoms. The smallest absolute Gasteiger partial charge is 0.233 e. The van der Waals surface area contributed by atoms with Gasteiger partial charge in [-0.3, -0.25) is 19.3 Å². The normalized spacial score (nSPS) is 20.5. The number of ether oxygens (including phenoxy) is 1. The van der Waals surface area contributed by atoms with Crippen LogP contribution in [0.3, 0.4) is 0 Å². The van der Waals surface area contributed by atoms with Gasteiger partial charge in [0.05, 0.1) is 18.4 Å².